The van der Waals surface area contributed by atoms with Crippen LogP contribution in [-0.4, -0.2) is 35.8 Å². The van der Waals surface area contributed by atoms with E-state index in [1.165, 1.54) is 19.3 Å². The van der Waals surface area contributed by atoms with Crippen LogP contribution in [0, 0.1) is 23.2 Å². The van der Waals surface area contributed by atoms with Gasteiger partial charge in [0.1, 0.15) is 0 Å². The standard InChI is InChI=1S/C20H32N2O2/c1-2-3-18(23)22-6-4-17(5-7-22)21-19(24)20-11-14-8-15(12-20)10-16(9-14)13-20/h14-17H,2-13H2,1H3,(H,21,24). The number of piperidine rings is 1. The Balaban J connectivity index is 1.32. The zero-order valence-electron chi connectivity index (χ0n) is 15.1. The molecular weight excluding hydrogens is 300 g/mol. The van der Waals surface area contributed by atoms with Gasteiger partial charge in [-0.25, -0.2) is 0 Å². The molecule has 4 saturated carbocycles. The second-order valence-corrected chi connectivity index (χ2v) is 9.08. The smallest absolute Gasteiger partial charge is 0.226 e. The summed E-state index contributed by atoms with van der Waals surface area (Å²) in [5.74, 6) is 3.07. The van der Waals surface area contributed by atoms with Crippen LogP contribution >= 0.6 is 0 Å². The van der Waals surface area contributed by atoms with Crippen LogP contribution in [0.25, 0.3) is 0 Å². The van der Waals surface area contributed by atoms with E-state index in [4.69, 9.17) is 0 Å². The molecule has 1 saturated heterocycles. The van der Waals surface area contributed by atoms with Gasteiger partial charge < -0.3 is 10.2 Å². The number of hydrogen-bond acceptors (Lipinski definition) is 2. The Morgan fingerprint density at radius 3 is 2.04 bits per heavy atom. The fourth-order valence-electron chi connectivity index (χ4n) is 6.37. The average molecular weight is 332 g/mol. The first-order chi connectivity index (χ1) is 11.6. The third kappa shape index (κ3) is 2.97. The monoisotopic (exact) mass is 332 g/mol. The Labute approximate surface area is 145 Å². The number of carbonyl (C=O) groups excluding carboxylic acids is 2. The van der Waals surface area contributed by atoms with Crippen molar-refractivity contribution in [2.24, 2.45) is 23.2 Å². The molecule has 2 amide bonds. The lowest BCUT2D eigenvalue weighted by molar-refractivity contribution is -0.147. The predicted octanol–water partition coefficient (Wildman–Crippen LogP) is 3.11. The summed E-state index contributed by atoms with van der Waals surface area (Å²) in [6, 6.07) is 0.274. The van der Waals surface area contributed by atoms with Gasteiger partial charge in [-0.3, -0.25) is 9.59 Å². The van der Waals surface area contributed by atoms with Crippen LogP contribution in [0.15, 0.2) is 0 Å². The van der Waals surface area contributed by atoms with E-state index in [0.717, 1.165) is 69.4 Å². The largest absolute Gasteiger partial charge is 0.353 e. The molecule has 0 unspecified atom stereocenters. The quantitative estimate of drug-likeness (QED) is 0.860. The van der Waals surface area contributed by atoms with Crippen molar-refractivity contribution in [3.05, 3.63) is 0 Å². The van der Waals surface area contributed by atoms with Gasteiger partial charge in [0.25, 0.3) is 0 Å². The molecule has 4 nitrogen and oxygen atoms in total. The molecule has 0 aromatic rings. The fourth-order valence-corrected chi connectivity index (χ4v) is 6.37. The van der Waals surface area contributed by atoms with Gasteiger partial charge in [0.05, 0.1) is 0 Å². The number of rotatable bonds is 4. The molecule has 24 heavy (non-hydrogen) atoms. The van der Waals surface area contributed by atoms with Crippen molar-refractivity contribution in [1.82, 2.24) is 10.2 Å². The zero-order valence-corrected chi connectivity index (χ0v) is 15.1. The normalized spacial score (nSPS) is 38.4. The molecule has 0 radical (unpaired) electrons. The Morgan fingerprint density at radius 1 is 1.00 bits per heavy atom. The highest BCUT2D eigenvalue weighted by molar-refractivity contribution is 5.83. The van der Waals surface area contributed by atoms with E-state index in [1.807, 2.05) is 4.90 Å². The lowest BCUT2D eigenvalue weighted by Crippen LogP contribution is -2.56. The lowest BCUT2D eigenvalue weighted by atomic mass is 9.49. The van der Waals surface area contributed by atoms with Crippen LogP contribution in [0.2, 0.25) is 0 Å². The summed E-state index contributed by atoms with van der Waals surface area (Å²) in [7, 11) is 0. The molecule has 1 aliphatic heterocycles. The average Bonchev–Trinajstić information content (AvgIpc) is 2.54. The highest BCUT2D eigenvalue weighted by Crippen LogP contribution is 2.60. The van der Waals surface area contributed by atoms with Gasteiger partial charge in [-0.15, -0.1) is 0 Å². The van der Waals surface area contributed by atoms with Crippen molar-refractivity contribution in [3.63, 3.8) is 0 Å². The number of nitrogens with one attached hydrogen (secondary N) is 1. The number of hydrogen-bond donors (Lipinski definition) is 1. The molecule has 0 spiro atoms. The van der Waals surface area contributed by atoms with Gasteiger partial charge in [-0.1, -0.05) is 6.92 Å². The van der Waals surface area contributed by atoms with Crippen LogP contribution in [0.5, 0.6) is 0 Å². The van der Waals surface area contributed by atoms with E-state index < -0.39 is 0 Å². The lowest BCUT2D eigenvalue weighted by Gasteiger charge is -2.56. The molecule has 5 fully saturated rings. The van der Waals surface area contributed by atoms with Crippen LogP contribution in [-0.2, 0) is 9.59 Å². The second kappa shape index (κ2) is 6.34. The molecule has 1 heterocycles. The summed E-state index contributed by atoms with van der Waals surface area (Å²) >= 11 is 0. The molecule has 4 aliphatic carbocycles. The first-order valence-corrected chi connectivity index (χ1v) is 10.2. The topological polar surface area (TPSA) is 49.4 Å². The SMILES string of the molecule is CCCC(=O)N1CCC(NC(=O)C23CC4CC(CC(C4)C2)C3)CC1. The summed E-state index contributed by atoms with van der Waals surface area (Å²) in [6.07, 6.45) is 11.0. The minimum Gasteiger partial charge on any atom is -0.353 e. The van der Waals surface area contributed by atoms with E-state index in [0.29, 0.717) is 12.3 Å². The van der Waals surface area contributed by atoms with Gasteiger partial charge >= 0.3 is 0 Å². The van der Waals surface area contributed by atoms with Crippen molar-refractivity contribution >= 4 is 11.8 Å². The van der Waals surface area contributed by atoms with E-state index >= 15 is 0 Å². The van der Waals surface area contributed by atoms with Crippen LogP contribution in [0.4, 0.5) is 0 Å². The van der Waals surface area contributed by atoms with Gasteiger partial charge in [0, 0.05) is 31.0 Å². The molecule has 0 aromatic heterocycles. The Kier molecular flexibility index (Phi) is 4.34. The minimum absolute atomic E-state index is 0.0378. The summed E-state index contributed by atoms with van der Waals surface area (Å²) in [5, 5.41) is 3.39. The van der Waals surface area contributed by atoms with Crippen molar-refractivity contribution < 1.29 is 9.59 Å². The number of amides is 2. The van der Waals surface area contributed by atoms with Crippen LogP contribution in [0.1, 0.15) is 71.1 Å². The van der Waals surface area contributed by atoms with E-state index in [2.05, 4.69) is 12.2 Å². The van der Waals surface area contributed by atoms with Gasteiger partial charge in [0.15, 0.2) is 0 Å². The van der Waals surface area contributed by atoms with Crippen molar-refractivity contribution in [2.75, 3.05) is 13.1 Å². The van der Waals surface area contributed by atoms with Crippen LogP contribution < -0.4 is 5.32 Å². The first-order valence-electron chi connectivity index (χ1n) is 10.2. The number of likely N-dealkylation sites (tertiary alicyclic amines) is 1. The highest BCUT2D eigenvalue weighted by Gasteiger charge is 2.54. The second-order valence-electron chi connectivity index (χ2n) is 9.08. The Bertz CT molecular complexity index is 472. The zero-order chi connectivity index (χ0) is 16.7. The molecule has 4 bridgehead atoms. The number of carbonyl (C=O) groups is 2. The maximum absolute atomic E-state index is 13.1. The minimum atomic E-state index is -0.0378. The Morgan fingerprint density at radius 2 is 1.54 bits per heavy atom. The van der Waals surface area contributed by atoms with Crippen molar-refractivity contribution in [2.45, 2.75) is 77.2 Å². The molecule has 5 rings (SSSR count). The summed E-state index contributed by atoms with van der Waals surface area (Å²) in [5.41, 5.74) is -0.0378. The van der Waals surface area contributed by atoms with E-state index in [-0.39, 0.29) is 17.4 Å². The van der Waals surface area contributed by atoms with Gasteiger partial charge in [-0.2, -0.15) is 0 Å². The third-order valence-corrected chi connectivity index (χ3v) is 7.17. The highest BCUT2D eigenvalue weighted by atomic mass is 16.2. The third-order valence-electron chi connectivity index (χ3n) is 7.17. The maximum Gasteiger partial charge on any atom is 0.226 e. The molecule has 4 heteroatoms. The molecule has 134 valence electrons. The predicted molar refractivity (Wildman–Crippen MR) is 93.3 cm³/mol. The van der Waals surface area contributed by atoms with Gasteiger partial charge in [0.2, 0.25) is 11.8 Å². The molecule has 5 aliphatic rings. The summed E-state index contributed by atoms with van der Waals surface area (Å²) in [6.45, 7) is 3.67. The first kappa shape index (κ1) is 16.4. The van der Waals surface area contributed by atoms with E-state index in [9.17, 15) is 9.59 Å². The molecular formula is C20H32N2O2. The van der Waals surface area contributed by atoms with Gasteiger partial charge in [-0.05, 0) is 75.5 Å². The molecule has 1 N–H and O–H groups in total. The fraction of sp³-hybridized carbons (Fsp3) is 0.900. The maximum atomic E-state index is 13.1. The van der Waals surface area contributed by atoms with Crippen molar-refractivity contribution in [3.8, 4) is 0 Å². The van der Waals surface area contributed by atoms with Crippen molar-refractivity contribution in [1.29, 1.82) is 0 Å². The number of nitrogens with zero attached hydrogens (tertiary/aromatic N) is 1. The van der Waals surface area contributed by atoms with Crippen LogP contribution in [0.3, 0.4) is 0 Å². The Hall–Kier alpha value is -1.06. The molecule has 0 atom stereocenters. The summed E-state index contributed by atoms with van der Waals surface area (Å²) < 4.78 is 0. The van der Waals surface area contributed by atoms with E-state index in [1.54, 1.807) is 0 Å². The summed E-state index contributed by atoms with van der Waals surface area (Å²) in [4.78, 5) is 27.1. The molecule has 0 aromatic carbocycles.